The SMILES string of the molecule is CCC(C)(C)C[C@H](NC(=O)c1cc[nH]c1)C(=O)N[C@@H]1C(=O)CO[C@H]1C. The molecule has 25 heavy (non-hydrogen) atoms. The lowest BCUT2D eigenvalue weighted by Gasteiger charge is -2.29. The highest BCUT2D eigenvalue weighted by Gasteiger charge is 2.36. The Morgan fingerprint density at radius 1 is 1.44 bits per heavy atom. The van der Waals surface area contributed by atoms with Crippen molar-refractivity contribution in [3.05, 3.63) is 24.0 Å². The smallest absolute Gasteiger partial charge is 0.253 e. The Balaban J connectivity index is 2.11. The van der Waals surface area contributed by atoms with Gasteiger partial charge in [0.1, 0.15) is 18.7 Å². The van der Waals surface area contributed by atoms with E-state index in [1.807, 2.05) is 20.8 Å². The number of amides is 2. The highest BCUT2D eigenvalue weighted by Crippen LogP contribution is 2.26. The molecular weight excluding hydrogens is 322 g/mol. The number of aromatic amines is 1. The van der Waals surface area contributed by atoms with Gasteiger partial charge in [0, 0.05) is 12.4 Å². The van der Waals surface area contributed by atoms with Gasteiger partial charge in [0.15, 0.2) is 5.78 Å². The van der Waals surface area contributed by atoms with Gasteiger partial charge in [-0.2, -0.15) is 0 Å². The third kappa shape index (κ3) is 4.92. The molecule has 1 aliphatic rings. The van der Waals surface area contributed by atoms with Crippen molar-refractivity contribution < 1.29 is 19.1 Å². The molecule has 0 radical (unpaired) electrons. The van der Waals surface area contributed by atoms with Crippen LogP contribution in [0.5, 0.6) is 0 Å². The quantitative estimate of drug-likeness (QED) is 0.693. The maximum atomic E-state index is 12.7. The lowest BCUT2D eigenvalue weighted by molar-refractivity contribution is -0.128. The fraction of sp³-hybridized carbons (Fsp3) is 0.611. The van der Waals surface area contributed by atoms with E-state index in [9.17, 15) is 14.4 Å². The predicted molar refractivity (Wildman–Crippen MR) is 93.1 cm³/mol. The van der Waals surface area contributed by atoms with E-state index in [-0.39, 0.29) is 35.7 Å². The van der Waals surface area contributed by atoms with Crippen molar-refractivity contribution in [3.8, 4) is 0 Å². The van der Waals surface area contributed by atoms with Gasteiger partial charge in [0.05, 0.1) is 11.7 Å². The summed E-state index contributed by atoms with van der Waals surface area (Å²) in [6, 6.07) is 0.257. The van der Waals surface area contributed by atoms with Gasteiger partial charge in [-0.1, -0.05) is 27.2 Å². The molecule has 7 nitrogen and oxygen atoms in total. The summed E-state index contributed by atoms with van der Waals surface area (Å²) in [5.74, 6) is -0.831. The molecule has 0 aromatic carbocycles. The molecule has 1 saturated heterocycles. The van der Waals surface area contributed by atoms with Crippen molar-refractivity contribution in [2.24, 2.45) is 5.41 Å². The number of nitrogens with one attached hydrogen (secondary N) is 3. The summed E-state index contributed by atoms with van der Waals surface area (Å²) in [5.41, 5.74) is 0.329. The fourth-order valence-electron chi connectivity index (χ4n) is 2.73. The largest absolute Gasteiger partial charge is 0.368 e. The highest BCUT2D eigenvalue weighted by molar-refractivity contribution is 5.98. The summed E-state index contributed by atoms with van der Waals surface area (Å²) in [6.45, 7) is 7.88. The molecular formula is C18H27N3O4. The third-order valence-corrected chi connectivity index (χ3v) is 4.80. The standard InChI is InChI=1S/C18H27N3O4/c1-5-18(3,4)8-13(20-16(23)12-6-7-19-9-12)17(24)21-15-11(2)25-10-14(15)22/h6-7,9,11,13,15,19H,5,8,10H2,1-4H3,(H,20,23)(H,21,24)/t11-,13-,15-/m0/s1. The van der Waals surface area contributed by atoms with Crippen molar-refractivity contribution in [2.45, 2.75) is 58.7 Å². The van der Waals surface area contributed by atoms with Gasteiger partial charge in [0.2, 0.25) is 5.91 Å². The summed E-state index contributed by atoms with van der Waals surface area (Å²) < 4.78 is 5.26. The maximum Gasteiger partial charge on any atom is 0.253 e. The van der Waals surface area contributed by atoms with Crippen LogP contribution in [0.1, 0.15) is 50.9 Å². The third-order valence-electron chi connectivity index (χ3n) is 4.80. The molecule has 1 aromatic rings. The average Bonchev–Trinajstić information content (AvgIpc) is 3.19. The van der Waals surface area contributed by atoms with E-state index in [4.69, 9.17) is 4.74 Å². The first-order valence-electron chi connectivity index (χ1n) is 8.62. The Morgan fingerprint density at radius 3 is 2.68 bits per heavy atom. The van der Waals surface area contributed by atoms with Crippen LogP contribution >= 0.6 is 0 Å². The van der Waals surface area contributed by atoms with Crippen LogP contribution in [0.4, 0.5) is 0 Å². The fourth-order valence-corrected chi connectivity index (χ4v) is 2.73. The number of aromatic nitrogens is 1. The molecule has 1 aliphatic heterocycles. The van der Waals surface area contributed by atoms with E-state index in [1.165, 1.54) is 0 Å². The van der Waals surface area contributed by atoms with E-state index < -0.39 is 12.1 Å². The first-order valence-corrected chi connectivity index (χ1v) is 8.62. The van der Waals surface area contributed by atoms with Gasteiger partial charge in [-0.3, -0.25) is 14.4 Å². The Morgan fingerprint density at radius 2 is 2.16 bits per heavy atom. The minimum atomic E-state index is -0.724. The first-order chi connectivity index (χ1) is 11.7. The van der Waals surface area contributed by atoms with Crippen LogP contribution in [0.15, 0.2) is 18.5 Å². The van der Waals surface area contributed by atoms with E-state index >= 15 is 0 Å². The van der Waals surface area contributed by atoms with E-state index in [2.05, 4.69) is 15.6 Å². The van der Waals surface area contributed by atoms with Crippen molar-refractivity contribution in [3.63, 3.8) is 0 Å². The molecule has 2 amide bonds. The van der Waals surface area contributed by atoms with Gasteiger partial charge in [0.25, 0.3) is 5.91 Å². The number of carbonyl (C=O) groups excluding carboxylic acids is 3. The van der Waals surface area contributed by atoms with Gasteiger partial charge in [-0.05, 0) is 24.8 Å². The van der Waals surface area contributed by atoms with Crippen molar-refractivity contribution in [1.82, 2.24) is 15.6 Å². The summed E-state index contributed by atoms with van der Waals surface area (Å²) >= 11 is 0. The number of carbonyl (C=O) groups is 3. The molecule has 1 aromatic heterocycles. The lowest BCUT2D eigenvalue weighted by atomic mass is 9.83. The maximum absolute atomic E-state index is 12.7. The number of ether oxygens (including phenoxy) is 1. The molecule has 0 aliphatic carbocycles. The molecule has 0 saturated carbocycles. The summed E-state index contributed by atoms with van der Waals surface area (Å²) in [5, 5.41) is 5.53. The molecule has 2 rings (SSSR count). The van der Waals surface area contributed by atoms with Gasteiger partial charge in [-0.15, -0.1) is 0 Å². The van der Waals surface area contributed by atoms with Crippen LogP contribution in [0.2, 0.25) is 0 Å². The van der Waals surface area contributed by atoms with Crippen LogP contribution in [0.25, 0.3) is 0 Å². The molecule has 7 heteroatoms. The average molecular weight is 349 g/mol. The highest BCUT2D eigenvalue weighted by atomic mass is 16.5. The normalized spacial score (nSPS) is 21.8. The van der Waals surface area contributed by atoms with Gasteiger partial charge in [-0.25, -0.2) is 0 Å². The number of hydrogen-bond acceptors (Lipinski definition) is 4. The zero-order valence-corrected chi connectivity index (χ0v) is 15.2. The van der Waals surface area contributed by atoms with Crippen molar-refractivity contribution in [2.75, 3.05) is 6.61 Å². The van der Waals surface area contributed by atoms with E-state index in [0.29, 0.717) is 12.0 Å². The second-order valence-corrected chi connectivity index (χ2v) is 7.32. The summed E-state index contributed by atoms with van der Waals surface area (Å²) in [6.07, 6.45) is 4.19. The zero-order valence-electron chi connectivity index (χ0n) is 15.2. The number of rotatable bonds is 7. The summed E-state index contributed by atoms with van der Waals surface area (Å²) in [4.78, 5) is 39.8. The molecule has 0 bridgehead atoms. The molecule has 138 valence electrons. The molecule has 0 unspecified atom stereocenters. The number of hydrogen-bond donors (Lipinski definition) is 3. The Labute approximate surface area is 147 Å². The Kier molecular flexibility index (Phi) is 6.00. The Hall–Kier alpha value is -2.15. The van der Waals surface area contributed by atoms with E-state index in [0.717, 1.165) is 6.42 Å². The van der Waals surface area contributed by atoms with Crippen LogP contribution in [0.3, 0.4) is 0 Å². The topological polar surface area (TPSA) is 100 Å². The molecule has 3 atom stereocenters. The van der Waals surface area contributed by atoms with Gasteiger partial charge < -0.3 is 20.4 Å². The second kappa shape index (κ2) is 7.82. The number of Topliss-reactive ketones (excluding diaryl/α,β-unsaturated/α-hetero) is 1. The zero-order chi connectivity index (χ0) is 18.6. The monoisotopic (exact) mass is 349 g/mol. The second-order valence-electron chi connectivity index (χ2n) is 7.32. The number of ketones is 1. The molecule has 2 heterocycles. The van der Waals surface area contributed by atoms with Crippen molar-refractivity contribution in [1.29, 1.82) is 0 Å². The minimum Gasteiger partial charge on any atom is -0.368 e. The minimum absolute atomic E-state index is 0.00689. The first kappa shape index (κ1) is 19.2. The summed E-state index contributed by atoms with van der Waals surface area (Å²) in [7, 11) is 0. The van der Waals surface area contributed by atoms with E-state index in [1.54, 1.807) is 25.4 Å². The van der Waals surface area contributed by atoms with Crippen molar-refractivity contribution >= 4 is 17.6 Å². The van der Waals surface area contributed by atoms with Crippen LogP contribution in [-0.4, -0.2) is 47.4 Å². The molecule has 0 spiro atoms. The van der Waals surface area contributed by atoms with Crippen LogP contribution in [0, 0.1) is 5.41 Å². The number of H-pyrrole nitrogens is 1. The molecule has 1 fully saturated rings. The lowest BCUT2D eigenvalue weighted by Crippen LogP contribution is -2.54. The van der Waals surface area contributed by atoms with Crippen LogP contribution in [-0.2, 0) is 14.3 Å². The Bertz CT molecular complexity index is 624. The molecule has 3 N–H and O–H groups in total. The van der Waals surface area contributed by atoms with Gasteiger partial charge >= 0.3 is 0 Å². The predicted octanol–water partition coefficient (Wildman–Crippen LogP) is 1.41. The van der Waals surface area contributed by atoms with Crippen LogP contribution < -0.4 is 10.6 Å².